The Morgan fingerprint density at radius 3 is 2.88 bits per heavy atom. The fourth-order valence-corrected chi connectivity index (χ4v) is 1.49. The van der Waals surface area contributed by atoms with Crippen LogP contribution in [0.1, 0.15) is 23.7 Å². The Balaban J connectivity index is 2.96. The van der Waals surface area contributed by atoms with Crippen LogP contribution < -0.4 is 0 Å². The molecular weight excluding hydrogens is 243 g/mol. The van der Waals surface area contributed by atoms with Gasteiger partial charge in [-0.05, 0) is 25.1 Å². The van der Waals surface area contributed by atoms with Gasteiger partial charge in [0.25, 0.3) is 5.91 Å². The Kier molecular flexibility index (Phi) is 4.47. The lowest BCUT2D eigenvalue weighted by atomic mass is 10.1. The van der Waals surface area contributed by atoms with Crippen molar-refractivity contribution in [3.05, 3.63) is 34.6 Å². The fraction of sp³-hybridized carbons (Fsp3) is 0.333. The van der Waals surface area contributed by atoms with E-state index in [0.717, 1.165) is 6.07 Å². The maximum Gasteiger partial charge on any atom is 0.256 e. The summed E-state index contributed by atoms with van der Waals surface area (Å²) in [5, 5.41) is 8.86. The number of hydrogen-bond acceptors (Lipinski definition) is 2. The molecule has 0 saturated heterocycles. The van der Waals surface area contributed by atoms with Crippen LogP contribution in [-0.2, 0) is 0 Å². The lowest BCUT2D eigenvalue weighted by Crippen LogP contribution is -2.35. The van der Waals surface area contributed by atoms with Gasteiger partial charge < -0.3 is 4.90 Å². The molecule has 0 saturated carbocycles. The van der Waals surface area contributed by atoms with Gasteiger partial charge in [0.05, 0.1) is 18.1 Å². The summed E-state index contributed by atoms with van der Waals surface area (Å²) in [5.41, 5.74) is -0.0789. The number of amides is 1. The molecule has 0 N–H and O–H groups in total. The first-order valence-electron chi connectivity index (χ1n) is 5.06. The van der Waals surface area contributed by atoms with Crippen molar-refractivity contribution in [1.82, 2.24) is 4.90 Å². The van der Waals surface area contributed by atoms with E-state index in [1.165, 1.54) is 24.1 Å². The molecule has 1 rings (SSSR count). The Hall–Kier alpha value is -1.60. The molecule has 17 heavy (non-hydrogen) atoms. The van der Waals surface area contributed by atoms with Crippen molar-refractivity contribution in [1.29, 1.82) is 5.26 Å². The molecule has 0 aromatic heterocycles. The van der Waals surface area contributed by atoms with E-state index in [1.807, 2.05) is 6.07 Å². The van der Waals surface area contributed by atoms with Gasteiger partial charge in [-0.25, -0.2) is 4.39 Å². The first-order chi connectivity index (χ1) is 7.97. The normalized spacial score (nSPS) is 11.7. The molecule has 0 aliphatic carbocycles. The van der Waals surface area contributed by atoms with Crippen LogP contribution in [0.4, 0.5) is 4.39 Å². The summed E-state index contributed by atoms with van der Waals surface area (Å²) in [6, 6.07) is 5.51. The van der Waals surface area contributed by atoms with Gasteiger partial charge in [-0.1, -0.05) is 11.6 Å². The van der Waals surface area contributed by atoms with Crippen LogP contribution >= 0.6 is 11.6 Å². The first-order valence-corrected chi connectivity index (χ1v) is 5.44. The van der Waals surface area contributed by atoms with Gasteiger partial charge in [0.15, 0.2) is 0 Å². The zero-order valence-electron chi connectivity index (χ0n) is 9.58. The van der Waals surface area contributed by atoms with Crippen molar-refractivity contribution in [3.8, 4) is 6.07 Å². The molecule has 0 radical (unpaired) electrons. The van der Waals surface area contributed by atoms with Crippen molar-refractivity contribution in [2.24, 2.45) is 0 Å². The summed E-state index contributed by atoms with van der Waals surface area (Å²) in [4.78, 5) is 13.3. The molecule has 0 fully saturated rings. The van der Waals surface area contributed by atoms with Gasteiger partial charge in [0.1, 0.15) is 5.82 Å². The molecule has 0 aliphatic rings. The number of rotatable bonds is 3. The largest absolute Gasteiger partial charge is 0.338 e. The zero-order chi connectivity index (χ0) is 13.0. The maximum atomic E-state index is 13.5. The summed E-state index contributed by atoms with van der Waals surface area (Å²) in [6.45, 7) is 1.73. The predicted octanol–water partition coefficient (Wildman–Crippen LogP) is 2.85. The number of hydrogen-bond donors (Lipinski definition) is 0. The third kappa shape index (κ3) is 3.18. The van der Waals surface area contributed by atoms with Gasteiger partial charge in [0.2, 0.25) is 0 Å². The minimum absolute atomic E-state index is 0.0789. The van der Waals surface area contributed by atoms with Crippen LogP contribution in [0.2, 0.25) is 5.02 Å². The second-order valence-corrected chi connectivity index (χ2v) is 4.19. The second kappa shape index (κ2) is 5.65. The van der Waals surface area contributed by atoms with E-state index in [4.69, 9.17) is 16.9 Å². The minimum Gasteiger partial charge on any atom is -0.338 e. The smallest absolute Gasteiger partial charge is 0.256 e. The van der Waals surface area contributed by atoms with Crippen molar-refractivity contribution < 1.29 is 9.18 Å². The highest BCUT2D eigenvalue weighted by atomic mass is 35.5. The van der Waals surface area contributed by atoms with Crippen molar-refractivity contribution in [3.63, 3.8) is 0 Å². The van der Waals surface area contributed by atoms with Crippen LogP contribution in [0.25, 0.3) is 0 Å². The summed E-state index contributed by atoms with van der Waals surface area (Å²) in [5.74, 6) is -1.09. The van der Waals surface area contributed by atoms with E-state index in [9.17, 15) is 9.18 Å². The second-order valence-electron chi connectivity index (χ2n) is 3.75. The third-order valence-electron chi connectivity index (χ3n) is 2.53. The Morgan fingerprint density at radius 2 is 2.29 bits per heavy atom. The fourth-order valence-electron chi connectivity index (χ4n) is 1.32. The van der Waals surface area contributed by atoms with Gasteiger partial charge in [-0.15, -0.1) is 0 Å². The van der Waals surface area contributed by atoms with Gasteiger partial charge in [0, 0.05) is 18.1 Å². The number of nitriles is 1. The molecule has 1 atom stereocenters. The van der Waals surface area contributed by atoms with Crippen LogP contribution in [0, 0.1) is 17.1 Å². The quantitative estimate of drug-likeness (QED) is 0.833. The van der Waals surface area contributed by atoms with E-state index in [0.29, 0.717) is 5.02 Å². The van der Waals surface area contributed by atoms with E-state index >= 15 is 0 Å². The first kappa shape index (κ1) is 13.5. The number of halogens is 2. The van der Waals surface area contributed by atoms with E-state index < -0.39 is 11.7 Å². The van der Waals surface area contributed by atoms with Crippen molar-refractivity contribution in [2.45, 2.75) is 19.4 Å². The molecule has 0 bridgehead atoms. The highest BCUT2D eigenvalue weighted by Gasteiger charge is 2.20. The zero-order valence-corrected chi connectivity index (χ0v) is 10.3. The molecule has 0 spiro atoms. The molecule has 5 heteroatoms. The highest BCUT2D eigenvalue weighted by Crippen LogP contribution is 2.17. The SMILES string of the molecule is CC(CC#N)N(C)C(=O)c1cc(Cl)ccc1F. The molecular formula is C12H12ClFN2O. The van der Waals surface area contributed by atoms with Crippen LogP contribution in [0.15, 0.2) is 18.2 Å². The summed E-state index contributed by atoms with van der Waals surface area (Å²) >= 11 is 5.72. The average Bonchev–Trinajstić information content (AvgIpc) is 2.30. The monoisotopic (exact) mass is 254 g/mol. The van der Waals surface area contributed by atoms with Gasteiger partial charge in [-0.3, -0.25) is 4.79 Å². The number of nitrogens with zero attached hydrogens (tertiary/aromatic N) is 2. The molecule has 90 valence electrons. The van der Waals surface area contributed by atoms with Crippen molar-refractivity contribution in [2.75, 3.05) is 7.05 Å². The minimum atomic E-state index is -0.615. The summed E-state index contributed by atoms with van der Waals surface area (Å²) in [6.07, 6.45) is 0.199. The molecule has 3 nitrogen and oxygen atoms in total. The van der Waals surface area contributed by atoms with Crippen LogP contribution in [0.5, 0.6) is 0 Å². The third-order valence-corrected chi connectivity index (χ3v) is 2.76. The maximum absolute atomic E-state index is 13.5. The molecule has 1 amide bonds. The Bertz CT molecular complexity index is 470. The Labute approximate surface area is 104 Å². The van der Waals surface area contributed by atoms with Gasteiger partial charge >= 0.3 is 0 Å². The summed E-state index contributed by atoms with van der Waals surface area (Å²) < 4.78 is 13.5. The molecule has 1 aromatic carbocycles. The van der Waals surface area contributed by atoms with E-state index in [1.54, 1.807) is 6.92 Å². The Morgan fingerprint density at radius 1 is 1.65 bits per heavy atom. The molecule has 0 heterocycles. The standard InChI is InChI=1S/C12H12ClFN2O/c1-8(5-6-15)16(2)12(17)10-7-9(13)3-4-11(10)14/h3-4,7-8H,5H2,1-2H3. The van der Waals surface area contributed by atoms with Gasteiger partial charge in [-0.2, -0.15) is 5.26 Å². The lowest BCUT2D eigenvalue weighted by Gasteiger charge is -2.23. The highest BCUT2D eigenvalue weighted by molar-refractivity contribution is 6.30. The van der Waals surface area contributed by atoms with Crippen molar-refractivity contribution >= 4 is 17.5 Å². The van der Waals surface area contributed by atoms with E-state index in [2.05, 4.69) is 0 Å². The molecule has 0 aliphatic heterocycles. The van der Waals surface area contributed by atoms with E-state index in [-0.39, 0.29) is 18.0 Å². The van der Waals surface area contributed by atoms with Crippen LogP contribution in [-0.4, -0.2) is 23.9 Å². The number of carbonyl (C=O) groups excluding carboxylic acids is 1. The summed E-state index contributed by atoms with van der Waals surface area (Å²) in [7, 11) is 1.53. The number of carbonyl (C=O) groups is 1. The predicted molar refractivity (Wildman–Crippen MR) is 63.2 cm³/mol. The lowest BCUT2D eigenvalue weighted by molar-refractivity contribution is 0.0741. The average molecular weight is 255 g/mol. The topological polar surface area (TPSA) is 44.1 Å². The molecule has 1 unspecified atom stereocenters. The van der Waals surface area contributed by atoms with Crippen LogP contribution in [0.3, 0.4) is 0 Å². The number of benzene rings is 1. The molecule has 1 aromatic rings.